The molecule has 1 aromatic rings. The second-order valence-electron chi connectivity index (χ2n) is 8.09. The molecule has 3 rings (SSSR count). The Morgan fingerprint density at radius 2 is 2.00 bits per heavy atom. The maximum Gasteiger partial charge on any atom is 0.407 e. The molecule has 8 nitrogen and oxygen atoms in total. The zero-order valence-electron chi connectivity index (χ0n) is 16.9. The summed E-state index contributed by atoms with van der Waals surface area (Å²) >= 11 is 7.61. The number of nitrogens with one attached hydrogen (secondary N) is 1. The first-order chi connectivity index (χ1) is 14.0. The van der Waals surface area contributed by atoms with Gasteiger partial charge < -0.3 is 15.0 Å². The number of benzene rings is 1. The first-order valence-electron chi connectivity index (χ1n) is 9.44. The van der Waals surface area contributed by atoms with Crippen molar-refractivity contribution in [2.45, 2.75) is 44.1 Å². The Hall–Kier alpha value is -1.78. The number of halogens is 1. The quantitative estimate of drug-likeness (QED) is 0.716. The number of hydrogen-bond acceptors (Lipinski definition) is 6. The minimum absolute atomic E-state index is 0.00665. The van der Waals surface area contributed by atoms with Crippen LogP contribution in [0.3, 0.4) is 0 Å². The molecule has 11 heteroatoms. The molecule has 0 spiro atoms. The van der Waals surface area contributed by atoms with E-state index in [0.29, 0.717) is 15.9 Å². The van der Waals surface area contributed by atoms with Crippen LogP contribution in [0.2, 0.25) is 5.02 Å². The molecule has 2 fully saturated rings. The van der Waals surface area contributed by atoms with Gasteiger partial charge in [0.1, 0.15) is 5.60 Å². The van der Waals surface area contributed by atoms with Gasteiger partial charge in [0.15, 0.2) is 15.0 Å². The standard InChI is InChI=1S/C19H24ClN3O5S2/c1-19(2,3)28-18(25)21-9-8-16(24)22-17-23(13-7-5-4-6-12(13)20)14-10-30(26,27)11-15(14)29-17/h4-7,14-15H,8-11H2,1-3H3,(H,21,25)/t14-,15+/m1/s1. The number of amidine groups is 1. The predicted octanol–water partition coefficient (Wildman–Crippen LogP) is 2.86. The van der Waals surface area contributed by atoms with E-state index in [1.165, 1.54) is 11.8 Å². The smallest absolute Gasteiger partial charge is 0.407 e. The van der Waals surface area contributed by atoms with E-state index in [-0.39, 0.29) is 35.8 Å². The highest BCUT2D eigenvalue weighted by Gasteiger charge is 2.49. The lowest BCUT2D eigenvalue weighted by molar-refractivity contribution is -0.117. The van der Waals surface area contributed by atoms with Crippen molar-refractivity contribution in [3.05, 3.63) is 29.3 Å². The first kappa shape index (κ1) is 22.9. The van der Waals surface area contributed by atoms with E-state index in [1.54, 1.807) is 49.9 Å². The Balaban J connectivity index is 1.72. The Morgan fingerprint density at radius 3 is 2.67 bits per heavy atom. The number of sulfone groups is 1. The van der Waals surface area contributed by atoms with Gasteiger partial charge in [-0.1, -0.05) is 35.5 Å². The molecule has 0 saturated carbocycles. The van der Waals surface area contributed by atoms with E-state index in [0.717, 1.165) is 0 Å². The van der Waals surface area contributed by atoms with Crippen LogP contribution in [-0.2, 0) is 19.4 Å². The monoisotopic (exact) mass is 473 g/mol. The lowest BCUT2D eigenvalue weighted by Gasteiger charge is -2.25. The number of para-hydroxylation sites is 1. The number of aliphatic imine (C=N–C) groups is 1. The largest absolute Gasteiger partial charge is 0.444 e. The van der Waals surface area contributed by atoms with Crippen LogP contribution in [0, 0.1) is 0 Å². The lowest BCUT2D eigenvalue weighted by Crippen LogP contribution is -2.38. The number of carbonyl (C=O) groups is 2. The molecule has 0 radical (unpaired) electrons. The zero-order valence-corrected chi connectivity index (χ0v) is 19.3. The second-order valence-corrected chi connectivity index (χ2v) is 11.9. The van der Waals surface area contributed by atoms with Gasteiger partial charge >= 0.3 is 6.09 Å². The van der Waals surface area contributed by atoms with Crippen LogP contribution >= 0.6 is 23.4 Å². The van der Waals surface area contributed by atoms with E-state index in [4.69, 9.17) is 16.3 Å². The Labute approximate surface area is 185 Å². The molecule has 2 aliphatic heterocycles. The highest BCUT2D eigenvalue weighted by molar-refractivity contribution is 8.16. The van der Waals surface area contributed by atoms with Gasteiger partial charge in [-0.25, -0.2) is 13.2 Å². The molecule has 1 N–H and O–H groups in total. The van der Waals surface area contributed by atoms with Crippen molar-refractivity contribution in [1.29, 1.82) is 0 Å². The molecule has 30 heavy (non-hydrogen) atoms. The van der Waals surface area contributed by atoms with Gasteiger partial charge in [0.2, 0.25) is 5.91 Å². The normalized spacial score (nSPS) is 24.0. The molecule has 2 saturated heterocycles. The summed E-state index contributed by atoms with van der Waals surface area (Å²) < 4.78 is 29.3. The number of fused-ring (bicyclic) bond motifs is 1. The van der Waals surface area contributed by atoms with Crippen LogP contribution in [0.4, 0.5) is 10.5 Å². The van der Waals surface area contributed by atoms with Crippen LogP contribution in [0.15, 0.2) is 29.3 Å². The van der Waals surface area contributed by atoms with Crippen molar-refractivity contribution in [2.75, 3.05) is 23.0 Å². The molecule has 2 heterocycles. The Morgan fingerprint density at radius 1 is 1.30 bits per heavy atom. The van der Waals surface area contributed by atoms with Gasteiger partial charge in [0, 0.05) is 18.2 Å². The molecule has 0 aliphatic carbocycles. The van der Waals surface area contributed by atoms with Crippen molar-refractivity contribution < 1.29 is 22.7 Å². The molecule has 0 bridgehead atoms. The molecular weight excluding hydrogens is 450 g/mol. The number of amides is 2. The van der Waals surface area contributed by atoms with Gasteiger partial charge in [-0.2, -0.15) is 4.99 Å². The summed E-state index contributed by atoms with van der Waals surface area (Å²) in [6.07, 6.45) is -0.608. The fourth-order valence-electron chi connectivity index (χ4n) is 3.24. The predicted molar refractivity (Wildman–Crippen MR) is 119 cm³/mol. The topological polar surface area (TPSA) is 105 Å². The minimum atomic E-state index is -3.16. The number of anilines is 1. The maximum absolute atomic E-state index is 12.4. The summed E-state index contributed by atoms with van der Waals surface area (Å²) in [4.78, 5) is 30.0. The van der Waals surface area contributed by atoms with E-state index in [9.17, 15) is 18.0 Å². The van der Waals surface area contributed by atoms with E-state index in [1.807, 2.05) is 0 Å². The first-order valence-corrected chi connectivity index (χ1v) is 12.5. The van der Waals surface area contributed by atoms with Gasteiger partial charge in [-0.3, -0.25) is 4.79 Å². The summed E-state index contributed by atoms with van der Waals surface area (Å²) in [5.74, 6) is -0.395. The van der Waals surface area contributed by atoms with Crippen molar-refractivity contribution in [3.8, 4) is 0 Å². The van der Waals surface area contributed by atoms with Crippen molar-refractivity contribution in [3.63, 3.8) is 0 Å². The lowest BCUT2D eigenvalue weighted by atomic mass is 10.2. The molecule has 0 unspecified atom stereocenters. The number of hydrogen-bond donors (Lipinski definition) is 1. The second kappa shape index (κ2) is 8.76. The molecular formula is C19H24ClN3O5S2. The molecule has 2 aliphatic rings. The van der Waals surface area contributed by atoms with Gasteiger partial charge in [0.05, 0.1) is 28.3 Å². The molecule has 164 valence electrons. The third kappa shape index (κ3) is 5.67. The van der Waals surface area contributed by atoms with Crippen molar-refractivity contribution in [1.82, 2.24) is 5.32 Å². The number of thioether (sulfide) groups is 1. The summed E-state index contributed by atoms with van der Waals surface area (Å²) in [6.45, 7) is 5.34. The number of rotatable bonds is 4. The number of alkyl carbamates (subject to hydrolysis) is 1. The highest BCUT2D eigenvalue weighted by Crippen LogP contribution is 2.42. The Bertz CT molecular complexity index is 975. The summed E-state index contributed by atoms with van der Waals surface area (Å²) in [5.41, 5.74) is -0.00255. The fraction of sp³-hybridized carbons (Fsp3) is 0.526. The van der Waals surface area contributed by atoms with Gasteiger partial charge in [-0.15, -0.1) is 0 Å². The highest BCUT2D eigenvalue weighted by atomic mass is 35.5. The van der Waals surface area contributed by atoms with Crippen LogP contribution in [0.1, 0.15) is 27.2 Å². The van der Waals surface area contributed by atoms with E-state index in [2.05, 4.69) is 10.3 Å². The molecule has 2 amide bonds. The van der Waals surface area contributed by atoms with E-state index >= 15 is 0 Å². The third-order valence-corrected chi connectivity index (χ3v) is 7.94. The minimum Gasteiger partial charge on any atom is -0.444 e. The summed E-state index contributed by atoms with van der Waals surface area (Å²) in [6, 6.07) is 6.74. The fourth-order valence-corrected chi connectivity index (χ4v) is 7.39. The summed E-state index contributed by atoms with van der Waals surface area (Å²) in [5, 5.41) is 3.19. The van der Waals surface area contributed by atoms with Crippen LogP contribution in [0.5, 0.6) is 0 Å². The third-order valence-electron chi connectivity index (χ3n) is 4.41. The average Bonchev–Trinajstić information content (AvgIpc) is 3.05. The zero-order chi connectivity index (χ0) is 22.1. The number of nitrogens with zero attached hydrogens (tertiary/aromatic N) is 2. The van der Waals surface area contributed by atoms with Crippen molar-refractivity contribution in [2.24, 2.45) is 4.99 Å². The molecule has 1 aromatic carbocycles. The molecule has 2 atom stereocenters. The van der Waals surface area contributed by atoms with Crippen LogP contribution in [0.25, 0.3) is 0 Å². The van der Waals surface area contributed by atoms with Crippen molar-refractivity contribution >= 4 is 56.1 Å². The number of carbonyl (C=O) groups excluding carboxylic acids is 2. The van der Waals surface area contributed by atoms with E-state index < -0.39 is 27.4 Å². The Kier molecular flexibility index (Phi) is 6.69. The van der Waals surface area contributed by atoms with Gasteiger partial charge in [-0.05, 0) is 32.9 Å². The maximum atomic E-state index is 12.4. The summed E-state index contributed by atoms with van der Waals surface area (Å²) in [7, 11) is -3.16. The molecule has 0 aromatic heterocycles. The van der Waals surface area contributed by atoms with Crippen LogP contribution < -0.4 is 10.2 Å². The number of ether oxygens (including phenoxy) is 1. The van der Waals surface area contributed by atoms with Crippen LogP contribution in [-0.4, -0.2) is 60.5 Å². The van der Waals surface area contributed by atoms with Gasteiger partial charge in [0.25, 0.3) is 0 Å². The average molecular weight is 474 g/mol. The SMILES string of the molecule is CC(C)(C)OC(=O)NCCC(=O)N=C1S[C@H]2CS(=O)(=O)C[C@H]2N1c1ccccc1Cl.